The summed E-state index contributed by atoms with van der Waals surface area (Å²) in [6, 6.07) is 1.99. The molecule has 172 valence electrons. The van der Waals surface area contributed by atoms with Gasteiger partial charge in [-0.3, -0.25) is 4.79 Å². The van der Waals surface area contributed by atoms with Crippen molar-refractivity contribution in [2.45, 2.75) is 32.8 Å². The van der Waals surface area contributed by atoms with Gasteiger partial charge in [0.05, 0.1) is 32.9 Å². The zero-order valence-electron chi connectivity index (χ0n) is 19.1. The van der Waals surface area contributed by atoms with E-state index in [1.54, 1.807) is 23.2 Å². The molecule has 0 aliphatic carbocycles. The molecule has 0 N–H and O–H groups in total. The number of ether oxygens (including phenoxy) is 4. The molecule has 2 aromatic heterocycles. The monoisotopic (exact) mass is 443 g/mol. The molecule has 0 bridgehead atoms. The fourth-order valence-electron chi connectivity index (χ4n) is 3.10. The summed E-state index contributed by atoms with van der Waals surface area (Å²) in [6.45, 7) is 7.62. The molecule has 3 heterocycles. The minimum absolute atomic E-state index is 0.142. The van der Waals surface area contributed by atoms with Crippen LogP contribution >= 0.6 is 0 Å². The average Bonchev–Trinajstić information content (AvgIpc) is 2.80. The number of amides is 1. The highest BCUT2D eigenvalue weighted by molar-refractivity contribution is 5.92. The Balaban J connectivity index is 1.59. The molecule has 3 rings (SSSR count). The van der Waals surface area contributed by atoms with Crippen molar-refractivity contribution in [3.05, 3.63) is 35.4 Å². The van der Waals surface area contributed by atoms with Gasteiger partial charge in [-0.15, -0.1) is 0 Å². The summed E-state index contributed by atoms with van der Waals surface area (Å²) in [4.78, 5) is 31.4. The van der Waals surface area contributed by atoms with Crippen LogP contribution in [0, 0.1) is 6.92 Å². The normalized spacial score (nSPS) is 16.4. The van der Waals surface area contributed by atoms with Crippen LogP contribution in [0.2, 0.25) is 0 Å². The fraction of sp³-hybridized carbons (Fsp3) is 0.500. The highest BCUT2D eigenvalue weighted by Gasteiger charge is 2.24. The van der Waals surface area contributed by atoms with Crippen LogP contribution in [0.4, 0.5) is 0 Å². The van der Waals surface area contributed by atoms with Crippen molar-refractivity contribution in [3.63, 3.8) is 0 Å². The quantitative estimate of drug-likeness (QED) is 0.566. The van der Waals surface area contributed by atoms with Gasteiger partial charge in [-0.1, -0.05) is 13.8 Å². The molecule has 0 radical (unpaired) electrons. The summed E-state index contributed by atoms with van der Waals surface area (Å²) in [5.41, 5.74) is 1.43. The maximum atomic E-state index is 12.7. The van der Waals surface area contributed by atoms with Crippen LogP contribution in [0.1, 0.15) is 36.8 Å². The minimum Gasteiger partial charge on any atom is -0.480 e. The van der Waals surface area contributed by atoms with E-state index in [1.807, 2.05) is 20.8 Å². The van der Waals surface area contributed by atoms with Crippen LogP contribution in [-0.4, -0.2) is 77.4 Å². The van der Waals surface area contributed by atoms with Gasteiger partial charge in [0, 0.05) is 36.5 Å². The van der Waals surface area contributed by atoms with E-state index < -0.39 is 0 Å². The Bertz CT molecular complexity index is 966. The average molecular weight is 444 g/mol. The second kappa shape index (κ2) is 10.9. The lowest BCUT2D eigenvalue weighted by atomic mass is 10.2. The van der Waals surface area contributed by atoms with E-state index in [9.17, 15) is 4.79 Å². The van der Waals surface area contributed by atoms with Gasteiger partial charge in [0.15, 0.2) is 0 Å². The number of methoxy groups -OCH3 is 2. The first-order chi connectivity index (χ1) is 15.4. The van der Waals surface area contributed by atoms with Gasteiger partial charge in [0.25, 0.3) is 0 Å². The standard InChI is InChI=1S/C22H29N5O5/c1-14(2)20-24-15(3)10-18(25-20)32-13-17-12-27(8-9-31-17)19(28)7-6-16-11-23-22(30-5)26-21(16)29-4/h6-7,10-11,14,17H,8-9,12-13H2,1-5H3/b7-6+. The maximum absolute atomic E-state index is 12.7. The van der Waals surface area contributed by atoms with Gasteiger partial charge < -0.3 is 23.8 Å². The number of rotatable bonds is 8. The lowest BCUT2D eigenvalue weighted by Gasteiger charge is -2.32. The molecule has 1 fully saturated rings. The third-order valence-corrected chi connectivity index (χ3v) is 4.77. The van der Waals surface area contributed by atoms with E-state index in [1.165, 1.54) is 20.3 Å². The molecule has 10 heteroatoms. The van der Waals surface area contributed by atoms with E-state index in [0.717, 1.165) is 11.5 Å². The number of carbonyl (C=O) groups is 1. The number of aryl methyl sites for hydroxylation is 1. The van der Waals surface area contributed by atoms with Crippen LogP contribution in [0.5, 0.6) is 17.8 Å². The van der Waals surface area contributed by atoms with Gasteiger partial charge in [0.2, 0.25) is 17.7 Å². The largest absolute Gasteiger partial charge is 0.480 e. The Kier molecular flexibility index (Phi) is 7.93. The minimum atomic E-state index is -0.252. The molecule has 1 aliphatic heterocycles. The van der Waals surface area contributed by atoms with Crippen molar-refractivity contribution in [3.8, 4) is 17.8 Å². The molecule has 2 aromatic rings. The van der Waals surface area contributed by atoms with Crippen LogP contribution in [0.15, 0.2) is 18.3 Å². The molecule has 0 saturated carbocycles. The van der Waals surface area contributed by atoms with Crippen molar-refractivity contribution < 1.29 is 23.7 Å². The number of nitrogens with zero attached hydrogens (tertiary/aromatic N) is 5. The molecule has 1 atom stereocenters. The van der Waals surface area contributed by atoms with E-state index in [-0.39, 0.29) is 23.9 Å². The van der Waals surface area contributed by atoms with Crippen LogP contribution in [-0.2, 0) is 9.53 Å². The summed E-state index contributed by atoms with van der Waals surface area (Å²) < 4.78 is 21.8. The Hall–Kier alpha value is -3.27. The molecule has 10 nitrogen and oxygen atoms in total. The van der Waals surface area contributed by atoms with E-state index in [2.05, 4.69) is 19.9 Å². The number of carbonyl (C=O) groups excluding carboxylic acids is 1. The number of hydrogen-bond donors (Lipinski definition) is 0. The Morgan fingerprint density at radius 1 is 1.28 bits per heavy atom. The molecule has 1 saturated heterocycles. The first-order valence-electron chi connectivity index (χ1n) is 10.4. The zero-order chi connectivity index (χ0) is 23.1. The van der Waals surface area contributed by atoms with Crippen molar-refractivity contribution >= 4 is 12.0 Å². The SMILES string of the molecule is COc1ncc(/C=C/C(=O)N2CCOC(COc3cc(C)nc(C(C)C)n3)C2)c(OC)n1. The predicted octanol–water partition coefficient (Wildman–Crippen LogP) is 2.04. The summed E-state index contributed by atoms with van der Waals surface area (Å²) in [5.74, 6) is 1.65. The summed E-state index contributed by atoms with van der Waals surface area (Å²) >= 11 is 0. The van der Waals surface area contributed by atoms with Crippen molar-refractivity contribution in [2.24, 2.45) is 0 Å². The van der Waals surface area contributed by atoms with Crippen molar-refractivity contribution in [1.82, 2.24) is 24.8 Å². The molecule has 1 unspecified atom stereocenters. The highest BCUT2D eigenvalue weighted by Crippen LogP contribution is 2.19. The first-order valence-corrected chi connectivity index (χ1v) is 10.4. The fourth-order valence-corrected chi connectivity index (χ4v) is 3.10. The Morgan fingerprint density at radius 2 is 2.09 bits per heavy atom. The highest BCUT2D eigenvalue weighted by atomic mass is 16.5. The van der Waals surface area contributed by atoms with E-state index >= 15 is 0 Å². The molecular weight excluding hydrogens is 414 g/mol. The second-order valence-electron chi connectivity index (χ2n) is 7.60. The third-order valence-electron chi connectivity index (χ3n) is 4.77. The van der Waals surface area contributed by atoms with Gasteiger partial charge in [-0.05, 0) is 13.0 Å². The van der Waals surface area contributed by atoms with Crippen molar-refractivity contribution in [2.75, 3.05) is 40.5 Å². The number of morpholine rings is 1. The lowest BCUT2D eigenvalue weighted by molar-refractivity contribution is -0.134. The summed E-state index contributed by atoms with van der Waals surface area (Å²) in [7, 11) is 2.97. The van der Waals surface area contributed by atoms with Gasteiger partial charge in [-0.2, -0.15) is 9.97 Å². The van der Waals surface area contributed by atoms with Crippen LogP contribution < -0.4 is 14.2 Å². The van der Waals surface area contributed by atoms with Gasteiger partial charge in [-0.25, -0.2) is 9.97 Å². The third kappa shape index (κ3) is 6.13. The molecular formula is C22H29N5O5. The predicted molar refractivity (Wildman–Crippen MR) is 117 cm³/mol. The van der Waals surface area contributed by atoms with Gasteiger partial charge in [0.1, 0.15) is 18.5 Å². The second-order valence-corrected chi connectivity index (χ2v) is 7.60. The zero-order valence-corrected chi connectivity index (χ0v) is 19.1. The Morgan fingerprint density at radius 3 is 2.81 bits per heavy atom. The smallest absolute Gasteiger partial charge is 0.319 e. The molecule has 0 aromatic carbocycles. The maximum Gasteiger partial charge on any atom is 0.319 e. The Labute approximate surface area is 187 Å². The first kappa shape index (κ1) is 23.4. The van der Waals surface area contributed by atoms with Crippen LogP contribution in [0.3, 0.4) is 0 Å². The summed E-state index contributed by atoms with van der Waals surface area (Å²) in [6.07, 6.45) is 4.38. The molecule has 0 spiro atoms. The molecule has 32 heavy (non-hydrogen) atoms. The van der Waals surface area contributed by atoms with E-state index in [0.29, 0.717) is 43.6 Å². The van der Waals surface area contributed by atoms with Gasteiger partial charge >= 0.3 is 6.01 Å². The number of aromatic nitrogens is 4. The van der Waals surface area contributed by atoms with E-state index in [4.69, 9.17) is 18.9 Å². The number of hydrogen-bond acceptors (Lipinski definition) is 9. The lowest BCUT2D eigenvalue weighted by Crippen LogP contribution is -2.47. The van der Waals surface area contributed by atoms with Crippen molar-refractivity contribution in [1.29, 1.82) is 0 Å². The topological polar surface area (TPSA) is 109 Å². The molecule has 1 aliphatic rings. The summed E-state index contributed by atoms with van der Waals surface area (Å²) in [5, 5.41) is 0. The van der Waals surface area contributed by atoms with Crippen LogP contribution in [0.25, 0.3) is 6.08 Å². The molecule has 1 amide bonds.